The summed E-state index contributed by atoms with van der Waals surface area (Å²) in [5, 5.41) is 0. The molecule has 4 nitrogen and oxygen atoms in total. The van der Waals surface area contributed by atoms with Crippen molar-refractivity contribution in [3.63, 3.8) is 0 Å². The highest BCUT2D eigenvalue weighted by Crippen LogP contribution is 2.37. The highest BCUT2D eigenvalue weighted by atomic mass is 79.9. The van der Waals surface area contributed by atoms with E-state index in [-0.39, 0.29) is 11.4 Å². The van der Waals surface area contributed by atoms with Crippen LogP contribution in [0, 0.1) is 0 Å². The second-order valence-corrected chi connectivity index (χ2v) is 6.04. The first kappa shape index (κ1) is 12.4. The highest BCUT2D eigenvalue weighted by molar-refractivity contribution is 9.12. The quantitative estimate of drug-likeness (QED) is 0.609. The van der Waals surface area contributed by atoms with E-state index in [0.717, 1.165) is 0 Å². The Kier molecular flexibility index (Phi) is 5.81. The Morgan fingerprint density at radius 2 is 2.00 bits per heavy atom. The van der Waals surface area contributed by atoms with Gasteiger partial charge < -0.3 is 9.79 Å². The van der Waals surface area contributed by atoms with E-state index in [1.807, 2.05) is 0 Å². The Bertz CT molecular complexity index is 159. The average molecular weight is 332 g/mol. The van der Waals surface area contributed by atoms with Crippen LogP contribution < -0.4 is 0 Å². The van der Waals surface area contributed by atoms with Crippen molar-refractivity contribution in [2.24, 2.45) is 0 Å². The van der Waals surface area contributed by atoms with Gasteiger partial charge in [-0.3, -0.25) is 4.52 Å². The van der Waals surface area contributed by atoms with Crippen molar-refractivity contribution < 1.29 is 18.9 Å². The van der Waals surface area contributed by atoms with E-state index in [1.165, 1.54) is 0 Å². The zero-order valence-corrected chi connectivity index (χ0v) is 9.98. The van der Waals surface area contributed by atoms with Gasteiger partial charge in [0.05, 0.1) is 11.4 Å². The van der Waals surface area contributed by atoms with Gasteiger partial charge >= 0.3 is 7.82 Å². The van der Waals surface area contributed by atoms with Crippen LogP contribution in [0.3, 0.4) is 0 Å². The van der Waals surface area contributed by atoms with E-state index in [2.05, 4.69) is 36.4 Å². The van der Waals surface area contributed by atoms with Gasteiger partial charge in [-0.15, -0.1) is 11.6 Å². The number of phosphoric ester groups is 1. The zero-order chi connectivity index (χ0) is 9.07. The number of hydrogen-bond donors (Lipinski definition) is 2. The Balaban J connectivity index is 3.63. The molecule has 0 heterocycles. The third-order valence-electron chi connectivity index (χ3n) is 0.675. The first-order valence-electron chi connectivity index (χ1n) is 2.45. The van der Waals surface area contributed by atoms with E-state index in [0.29, 0.717) is 0 Å². The minimum Gasteiger partial charge on any atom is -0.303 e. The third-order valence-corrected chi connectivity index (χ3v) is 3.91. The average Bonchev–Trinajstić information content (AvgIpc) is 1.80. The highest BCUT2D eigenvalue weighted by Gasteiger charge is 2.19. The molecule has 0 spiro atoms. The van der Waals surface area contributed by atoms with Crippen molar-refractivity contribution in [3.8, 4) is 0 Å². The van der Waals surface area contributed by atoms with Crippen LogP contribution in [0.15, 0.2) is 0 Å². The van der Waals surface area contributed by atoms with Crippen molar-refractivity contribution in [3.05, 3.63) is 0 Å². The maximum Gasteiger partial charge on any atom is 0.469 e. The SMILES string of the molecule is O=P(O)(O)OCC(Br)C(Cl)Br. The molecular weight excluding hydrogens is 326 g/mol. The van der Waals surface area contributed by atoms with Gasteiger partial charge in [-0.05, 0) is 0 Å². The second kappa shape index (κ2) is 5.17. The van der Waals surface area contributed by atoms with E-state index in [4.69, 9.17) is 21.4 Å². The van der Waals surface area contributed by atoms with Crippen molar-refractivity contribution in [1.29, 1.82) is 0 Å². The molecule has 11 heavy (non-hydrogen) atoms. The van der Waals surface area contributed by atoms with Crippen LogP contribution in [-0.2, 0) is 9.09 Å². The summed E-state index contributed by atoms with van der Waals surface area (Å²) in [5.41, 5.74) is 0. The number of rotatable bonds is 4. The van der Waals surface area contributed by atoms with Crippen LogP contribution in [0.1, 0.15) is 0 Å². The fourth-order valence-electron chi connectivity index (χ4n) is 0.241. The fraction of sp³-hybridized carbons (Fsp3) is 1.00. The zero-order valence-electron chi connectivity index (χ0n) is 5.15. The third kappa shape index (κ3) is 7.71. The summed E-state index contributed by atoms with van der Waals surface area (Å²) in [5.74, 6) is 0. The summed E-state index contributed by atoms with van der Waals surface area (Å²) >= 11 is 11.5. The Morgan fingerprint density at radius 3 is 2.27 bits per heavy atom. The number of phosphoric acid groups is 1. The van der Waals surface area contributed by atoms with Crippen LogP contribution in [0.5, 0.6) is 0 Å². The standard InChI is InChI=1S/C3H6Br2ClO4P/c4-2(3(5)6)1-10-11(7,8)9/h2-3H,1H2,(H2,7,8,9). The smallest absolute Gasteiger partial charge is 0.303 e. The molecule has 0 aromatic rings. The summed E-state index contributed by atoms with van der Waals surface area (Å²) in [6.07, 6.45) is 0. The molecule has 2 atom stereocenters. The molecular formula is C3H6Br2ClO4P. The molecule has 68 valence electrons. The molecule has 2 unspecified atom stereocenters. The van der Waals surface area contributed by atoms with Crippen molar-refractivity contribution in [1.82, 2.24) is 0 Å². The van der Waals surface area contributed by atoms with E-state index in [9.17, 15) is 4.57 Å². The first-order chi connectivity index (χ1) is 4.83. The summed E-state index contributed by atoms with van der Waals surface area (Å²) in [7, 11) is -4.37. The van der Waals surface area contributed by atoms with Crippen molar-refractivity contribution in [2.75, 3.05) is 6.61 Å². The maximum atomic E-state index is 10.2. The first-order valence-corrected chi connectivity index (χ1v) is 6.25. The Labute approximate surface area is 85.8 Å². The summed E-state index contributed by atoms with van der Waals surface area (Å²) in [4.78, 5) is 16.2. The number of hydrogen-bond acceptors (Lipinski definition) is 2. The molecule has 0 rings (SSSR count). The monoisotopic (exact) mass is 330 g/mol. The van der Waals surface area contributed by atoms with Crippen LogP contribution in [-0.4, -0.2) is 25.5 Å². The van der Waals surface area contributed by atoms with Gasteiger partial charge in [-0.2, -0.15) is 0 Å². The molecule has 0 aromatic heterocycles. The summed E-state index contributed by atoms with van der Waals surface area (Å²) in [6, 6.07) is 0. The minimum atomic E-state index is -4.37. The van der Waals surface area contributed by atoms with Gasteiger partial charge in [-0.1, -0.05) is 31.9 Å². The summed E-state index contributed by atoms with van der Waals surface area (Å²) in [6.45, 7) is -0.149. The van der Waals surface area contributed by atoms with Crippen LogP contribution >= 0.6 is 51.3 Å². The van der Waals surface area contributed by atoms with E-state index < -0.39 is 12.1 Å². The lowest BCUT2D eigenvalue weighted by atomic mass is 10.5. The lowest BCUT2D eigenvalue weighted by Crippen LogP contribution is -2.14. The van der Waals surface area contributed by atoms with Gasteiger partial charge in [0.1, 0.15) is 4.29 Å². The van der Waals surface area contributed by atoms with E-state index in [1.54, 1.807) is 0 Å². The van der Waals surface area contributed by atoms with Crippen molar-refractivity contribution >= 4 is 51.3 Å². The minimum absolute atomic E-state index is 0.149. The molecule has 0 amide bonds. The molecule has 2 N–H and O–H groups in total. The molecule has 0 fully saturated rings. The van der Waals surface area contributed by atoms with Gasteiger partial charge in [0.2, 0.25) is 0 Å². The Hall–Kier alpha value is 1.36. The topological polar surface area (TPSA) is 66.8 Å². The van der Waals surface area contributed by atoms with E-state index >= 15 is 0 Å². The normalized spacial score (nSPS) is 17.9. The van der Waals surface area contributed by atoms with Gasteiger partial charge in [0, 0.05) is 0 Å². The van der Waals surface area contributed by atoms with Gasteiger partial charge in [-0.25, -0.2) is 4.57 Å². The molecule has 0 aliphatic rings. The largest absolute Gasteiger partial charge is 0.469 e. The lowest BCUT2D eigenvalue weighted by Gasteiger charge is -2.11. The maximum absolute atomic E-state index is 10.2. The lowest BCUT2D eigenvalue weighted by molar-refractivity contribution is 0.200. The second-order valence-electron chi connectivity index (χ2n) is 1.64. The number of halogens is 3. The van der Waals surface area contributed by atoms with Crippen LogP contribution in [0.2, 0.25) is 0 Å². The number of alkyl halides is 3. The predicted octanol–water partition coefficient (Wildman–Crippen LogP) is 1.82. The van der Waals surface area contributed by atoms with Gasteiger partial charge in [0.25, 0.3) is 0 Å². The molecule has 0 bridgehead atoms. The Morgan fingerprint density at radius 1 is 1.55 bits per heavy atom. The fourth-order valence-corrected chi connectivity index (χ4v) is 1.16. The molecule has 0 radical (unpaired) electrons. The molecule has 0 saturated carbocycles. The summed E-state index contributed by atoms with van der Waals surface area (Å²) < 4.78 is 13.9. The predicted molar refractivity (Wildman–Crippen MR) is 49.3 cm³/mol. The molecule has 0 aromatic carbocycles. The molecule has 8 heteroatoms. The molecule has 0 aliphatic heterocycles. The molecule has 0 aliphatic carbocycles. The molecule has 0 saturated heterocycles. The van der Waals surface area contributed by atoms with Crippen LogP contribution in [0.4, 0.5) is 0 Å². The van der Waals surface area contributed by atoms with Gasteiger partial charge in [0.15, 0.2) is 0 Å². The van der Waals surface area contributed by atoms with Crippen LogP contribution in [0.25, 0.3) is 0 Å². The van der Waals surface area contributed by atoms with Crippen molar-refractivity contribution in [2.45, 2.75) is 9.11 Å².